The summed E-state index contributed by atoms with van der Waals surface area (Å²) in [6.07, 6.45) is 9.50. The van der Waals surface area contributed by atoms with Gasteiger partial charge in [0.15, 0.2) is 5.82 Å². The highest BCUT2D eigenvalue weighted by Crippen LogP contribution is 2.34. The van der Waals surface area contributed by atoms with Gasteiger partial charge in [-0.25, -0.2) is 0 Å². The molecule has 9 nitrogen and oxygen atoms in total. The first-order valence-corrected chi connectivity index (χ1v) is 11.5. The highest BCUT2D eigenvalue weighted by atomic mass is 16.5. The molecule has 0 unspecified atom stereocenters. The minimum absolute atomic E-state index is 0.0754. The van der Waals surface area contributed by atoms with Crippen molar-refractivity contribution in [3.05, 3.63) is 60.0 Å². The third kappa shape index (κ3) is 5.91. The van der Waals surface area contributed by atoms with Crippen LogP contribution in [0.15, 0.2) is 50.1 Å². The molecule has 0 atom stereocenters. The van der Waals surface area contributed by atoms with Gasteiger partial charge in [0.1, 0.15) is 17.1 Å². The van der Waals surface area contributed by atoms with E-state index in [1.165, 1.54) is 6.92 Å². The SMILES string of the molecule is CC(=O)NC1(c2noc(CCC(=O)N(Cc3ccco3)Cc3ccco3)n2)CCCCCC1. The van der Waals surface area contributed by atoms with Gasteiger partial charge in [-0.05, 0) is 37.1 Å². The van der Waals surface area contributed by atoms with Gasteiger partial charge in [0.2, 0.25) is 17.7 Å². The molecule has 176 valence electrons. The van der Waals surface area contributed by atoms with E-state index in [0.29, 0.717) is 42.7 Å². The molecule has 4 rings (SSSR count). The van der Waals surface area contributed by atoms with Crippen LogP contribution in [0.1, 0.15) is 75.1 Å². The Balaban J connectivity index is 1.43. The van der Waals surface area contributed by atoms with Gasteiger partial charge < -0.3 is 23.6 Å². The molecule has 0 bridgehead atoms. The predicted molar refractivity (Wildman–Crippen MR) is 117 cm³/mol. The van der Waals surface area contributed by atoms with Gasteiger partial charge in [-0.2, -0.15) is 4.98 Å². The zero-order valence-electron chi connectivity index (χ0n) is 18.9. The van der Waals surface area contributed by atoms with Crippen LogP contribution in [0.5, 0.6) is 0 Å². The van der Waals surface area contributed by atoms with Crippen LogP contribution in [0, 0.1) is 0 Å². The lowest BCUT2D eigenvalue weighted by Crippen LogP contribution is -2.45. The van der Waals surface area contributed by atoms with Crippen LogP contribution in [0.2, 0.25) is 0 Å². The number of amides is 2. The van der Waals surface area contributed by atoms with E-state index in [1.807, 2.05) is 12.1 Å². The molecule has 3 aromatic rings. The summed E-state index contributed by atoms with van der Waals surface area (Å²) in [6, 6.07) is 7.26. The average Bonchev–Trinajstić information content (AvgIpc) is 3.55. The van der Waals surface area contributed by atoms with Gasteiger partial charge in [-0.1, -0.05) is 30.8 Å². The molecule has 0 saturated heterocycles. The normalized spacial score (nSPS) is 15.7. The monoisotopic (exact) mass is 454 g/mol. The second kappa shape index (κ2) is 10.5. The number of carbonyl (C=O) groups excluding carboxylic acids is 2. The third-order valence-corrected chi connectivity index (χ3v) is 6.03. The van der Waals surface area contributed by atoms with Crippen molar-refractivity contribution in [1.82, 2.24) is 20.4 Å². The van der Waals surface area contributed by atoms with Crippen LogP contribution < -0.4 is 5.32 Å². The lowest BCUT2D eigenvalue weighted by atomic mass is 9.89. The van der Waals surface area contributed by atoms with Gasteiger partial charge in [0, 0.05) is 19.8 Å². The Hall–Kier alpha value is -3.36. The maximum Gasteiger partial charge on any atom is 0.227 e. The molecule has 9 heteroatoms. The van der Waals surface area contributed by atoms with Crippen molar-refractivity contribution >= 4 is 11.8 Å². The number of hydrogen-bond donors (Lipinski definition) is 1. The number of aromatic nitrogens is 2. The van der Waals surface area contributed by atoms with Crippen LogP contribution in [-0.2, 0) is 34.6 Å². The number of hydrogen-bond acceptors (Lipinski definition) is 7. The number of nitrogens with zero attached hydrogens (tertiary/aromatic N) is 3. The highest BCUT2D eigenvalue weighted by molar-refractivity contribution is 5.76. The highest BCUT2D eigenvalue weighted by Gasteiger charge is 2.38. The van der Waals surface area contributed by atoms with Crippen LogP contribution in [0.3, 0.4) is 0 Å². The molecule has 2 amide bonds. The van der Waals surface area contributed by atoms with Gasteiger partial charge in [-0.3, -0.25) is 9.59 Å². The first kappa shape index (κ1) is 22.8. The topological polar surface area (TPSA) is 115 Å². The zero-order valence-corrected chi connectivity index (χ0v) is 18.9. The summed E-state index contributed by atoms with van der Waals surface area (Å²) in [5, 5.41) is 7.27. The third-order valence-electron chi connectivity index (χ3n) is 6.03. The standard InChI is InChI=1S/C24H30N4O5/c1-18(29)26-24(12-4-2-3-5-13-24)23-25-21(33-27-23)10-11-22(30)28(16-19-8-6-14-31-19)17-20-9-7-15-32-20/h6-9,14-15H,2-5,10-13,16-17H2,1H3,(H,26,29). The van der Waals surface area contributed by atoms with E-state index in [1.54, 1.807) is 29.6 Å². The lowest BCUT2D eigenvalue weighted by Gasteiger charge is -2.30. The maximum atomic E-state index is 13.0. The van der Waals surface area contributed by atoms with E-state index >= 15 is 0 Å². The second-order valence-electron chi connectivity index (χ2n) is 8.60. The molecule has 0 aliphatic heterocycles. The summed E-state index contributed by atoms with van der Waals surface area (Å²) in [4.78, 5) is 31.2. The number of furan rings is 2. The molecule has 3 aromatic heterocycles. The van der Waals surface area contributed by atoms with Crippen molar-refractivity contribution in [2.45, 2.75) is 76.9 Å². The number of carbonyl (C=O) groups is 2. The summed E-state index contributed by atoms with van der Waals surface area (Å²) in [6.45, 7) is 2.19. The molecule has 0 aromatic carbocycles. The van der Waals surface area contributed by atoms with Crippen molar-refractivity contribution in [2.24, 2.45) is 0 Å². The molecular formula is C24H30N4O5. The Labute approximate surface area is 192 Å². The summed E-state index contributed by atoms with van der Waals surface area (Å²) >= 11 is 0. The molecule has 1 fully saturated rings. The Bertz CT molecular complexity index is 981. The molecule has 1 aliphatic carbocycles. The van der Waals surface area contributed by atoms with Gasteiger partial charge in [0.25, 0.3) is 0 Å². The van der Waals surface area contributed by atoms with Gasteiger partial charge in [0.05, 0.1) is 25.6 Å². The molecule has 33 heavy (non-hydrogen) atoms. The van der Waals surface area contributed by atoms with Crippen LogP contribution >= 0.6 is 0 Å². The fourth-order valence-corrected chi connectivity index (χ4v) is 4.41. The van der Waals surface area contributed by atoms with E-state index < -0.39 is 5.54 Å². The van der Waals surface area contributed by atoms with Crippen molar-refractivity contribution in [3.63, 3.8) is 0 Å². The molecule has 1 N–H and O–H groups in total. The lowest BCUT2D eigenvalue weighted by molar-refractivity contribution is -0.133. The fourth-order valence-electron chi connectivity index (χ4n) is 4.41. The van der Waals surface area contributed by atoms with E-state index in [2.05, 4.69) is 15.5 Å². The summed E-state index contributed by atoms with van der Waals surface area (Å²) < 4.78 is 16.3. The average molecular weight is 455 g/mol. The Morgan fingerprint density at radius 1 is 1.03 bits per heavy atom. The van der Waals surface area contributed by atoms with Crippen molar-refractivity contribution in [2.75, 3.05) is 0 Å². The minimum Gasteiger partial charge on any atom is -0.467 e. The van der Waals surface area contributed by atoms with E-state index in [0.717, 1.165) is 38.5 Å². The maximum absolute atomic E-state index is 13.0. The molecular weight excluding hydrogens is 424 g/mol. The second-order valence-corrected chi connectivity index (χ2v) is 8.60. The fraction of sp³-hybridized carbons (Fsp3) is 0.500. The molecule has 0 spiro atoms. The quantitative estimate of drug-likeness (QED) is 0.484. The summed E-state index contributed by atoms with van der Waals surface area (Å²) in [5.41, 5.74) is -0.599. The van der Waals surface area contributed by atoms with Crippen molar-refractivity contribution in [3.8, 4) is 0 Å². The summed E-state index contributed by atoms with van der Waals surface area (Å²) in [5.74, 6) is 2.10. The van der Waals surface area contributed by atoms with Crippen LogP contribution in [0.25, 0.3) is 0 Å². The molecule has 1 aliphatic rings. The zero-order chi connectivity index (χ0) is 23.1. The summed E-state index contributed by atoms with van der Waals surface area (Å²) in [7, 11) is 0. The number of nitrogens with one attached hydrogen (secondary N) is 1. The van der Waals surface area contributed by atoms with Crippen LogP contribution in [0.4, 0.5) is 0 Å². The van der Waals surface area contributed by atoms with Crippen molar-refractivity contribution < 1.29 is 22.9 Å². The van der Waals surface area contributed by atoms with E-state index in [-0.39, 0.29) is 18.2 Å². The first-order chi connectivity index (χ1) is 16.0. The van der Waals surface area contributed by atoms with Crippen LogP contribution in [-0.4, -0.2) is 26.9 Å². The largest absolute Gasteiger partial charge is 0.467 e. The minimum atomic E-state index is -0.599. The van der Waals surface area contributed by atoms with E-state index in [9.17, 15) is 9.59 Å². The van der Waals surface area contributed by atoms with Crippen molar-refractivity contribution in [1.29, 1.82) is 0 Å². The van der Waals surface area contributed by atoms with Gasteiger partial charge in [-0.15, -0.1) is 0 Å². The molecule has 3 heterocycles. The van der Waals surface area contributed by atoms with E-state index in [4.69, 9.17) is 13.4 Å². The Morgan fingerprint density at radius 3 is 2.21 bits per heavy atom. The molecule has 0 radical (unpaired) electrons. The number of aryl methyl sites for hydroxylation is 1. The smallest absolute Gasteiger partial charge is 0.227 e. The molecule has 1 saturated carbocycles. The predicted octanol–water partition coefficient (Wildman–Crippen LogP) is 4.10. The first-order valence-electron chi connectivity index (χ1n) is 11.5. The Morgan fingerprint density at radius 2 is 1.67 bits per heavy atom. The Kier molecular flexibility index (Phi) is 7.26. The van der Waals surface area contributed by atoms with Gasteiger partial charge >= 0.3 is 0 Å². The number of rotatable bonds is 9.